The van der Waals surface area contributed by atoms with Gasteiger partial charge in [-0.1, -0.05) is 53.5 Å². The van der Waals surface area contributed by atoms with Crippen molar-refractivity contribution in [1.82, 2.24) is 5.32 Å². The number of rotatable bonds is 8. The minimum Gasteiger partial charge on any atom is -0.484 e. The van der Waals surface area contributed by atoms with E-state index in [4.69, 9.17) is 27.9 Å². The molecule has 1 aliphatic rings. The van der Waals surface area contributed by atoms with Gasteiger partial charge in [-0.05, 0) is 48.0 Å². The molecule has 180 valence electrons. The number of nitrogens with zero attached hydrogens (tertiary/aromatic N) is 1. The van der Waals surface area contributed by atoms with Crippen LogP contribution in [0, 0.1) is 5.92 Å². The molecule has 0 aliphatic carbocycles. The fraction of sp³-hybridized carbons (Fsp3) is 0.192. The molecule has 1 fully saturated rings. The first-order valence-corrected chi connectivity index (χ1v) is 11.7. The first-order valence-electron chi connectivity index (χ1n) is 11.0. The quantitative estimate of drug-likeness (QED) is 0.459. The van der Waals surface area contributed by atoms with E-state index in [9.17, 15) is 14.4 Å². The van der Waals surface area contributed by atoms with Crippen molar-refractivity contribution in [1.29, 1.82) is 0 Å². The summed E-state index contributed by atoms with van der Waals surface area (Å²) in [4.78, 5) is 38.8. The highest BCUT2D eigenvalue weighted by Gasteiger charge is 2.35. The van der Waals surface area contributed by atoms with Crippen LogP contribution in [-0.2, 0) is 20.9 Å². The van der Waals surface area contributed by atoms with Crippen LogP contribution in [0.4, 0.5) is 11.4 Å². The SMILES string of the molecule is O=C(COc1ccc(N2C[C@@H](C(=O)NCc3ccccc3)CC2=O)cc1)Nc1ccc(Cl)cc1Cl. The van der Waals surface area contributed by atoms with Crippen LogP contribution in [-0.4, -0.2) is 30.9 Å². The van der Waals surface area contributed by atoms with Crippen LogP contribution >= 0.6 is 23.2 Å². The van der Waals surface area contributed by atoms with E-state index in [1.54, 1.807) is 41.3 Å². The molecule has 3 amide bonds. The van der Waals surface area contributed by atoms with E-state index in [0.29, 0.717) is 40.3 Å². The second-order valence-electron chi connectivity index (χ2n) is 8.06. The van der Waals surface area contributed by atoms with Gasteiger partial charge in [0.2, 0.25) is 11.8 Å². The van der Waals surface area contributed by atoms with Crippen molar-refractivity contribution in [2.75, 3.05) is 23.4 Å². The van der Waals surface area contributed by atoms with Crippen LogP contribution in [0.3, 0.4) is 0 Å². The van der Waals surface area contributed by atoms with Gasteiger partial charge in [0.15, 0.2) is 6.61 Å². The monoisotopic (exact) mass is 511 g/mol. The molecule has 1 atom stereocenters. The Kier molecular flexibility index (Phi) is 7.90. The molecule has 35 heavy (non-hydrogen) atoms. The zero-order valence-corrected chi connectivity index (χ0v) is 20.2. The zero-order chi connectivity index (χ0) is 24.8. The molecule has 0 aromatic heterocycles. The summed E-state index contributed by atoms with van der Waals surface area (Å²) in [6.45, 7) is 0.517. The summed E-state index contributed by atoms with van der Waals surface area (Å²) in [5, 5.41) is 6.37. The number of benzene rings is 3. The lowest BCUT2D eigenvalue weighted by atomic mass is 10.1. The van der Waals surface area contributed by atoms with Gasteiger partial charge in [0.25, 0.3) is 5.91 Å². The Morgan fingerprint density at radius 3 is 2.46 bits per heavy atom. The lowest BCUT2D eigenvalue weighted by Gasteiger charge is -2.17. The largest absolute Gasteiger partial charge is 0.484 e. The third-order valence-electron chi connectivity index (χ3n) is 5.53. The Balaban J connectivity index is 1.27. The molecule has 1 aliphatic heterocycles. The zero-order valence-electron chi connectivity index (χ0n) is 18.7. The maximum atomic E-state index is 12.6. The molecule has 0 unspecified atom stereocenters. The Morgan fingerprint density at radius 1 is 1.00 bits per heavy atom. The Labute approximate surface area is 213 Å². The molecule has 0 radical (unpaired) electrons. The fourth-order valence-electron chi connectivity index (χ4n) is 3.71. The third-order valence-corrected chi connectivity index (χ3v) is 6.08. The summed E-state index contributed by atoms with van der Waals surface area (Å²) in [5.41, 5.74) is 2.11. The predicted octanol–water partition coefficient (Wildman–Crippen LogP) is 4.68. The van der Waals surface area contributed by atoms with Gasteiger partial charge in [-0.2, -0.15) is 0 Å². The van der Waals surface area contributed by atoms with Crippen molar-refractivity contribution in [3.05, 3.63) is 88.4 Å². The van der Waals surface area contributed by atoms with Gasteiger partial charge in [-0.25, -0.2) is 0 Å². The summed E-state index contributed by atoms with van der Waals surface area (Å²) in [6.07, 6.45) is 0.159. The predicted molar refractivity (Wildman–Crippen MR) is 136 cm³/mol. The van der Waals surface area contributed by atoms with Gasteiger partial charge in [-0.15, -0.1) is 0 Å². The summed E-state index contributed by atoms with van der Waals surface area (Å²) in [5.74, 6) is -0.577. The molecule has 7 nitrogen and oxygen atoms in total. The number of nitrogens with one attached hydrogen (secondary N) is 2. The first-order chi connectivity index (χ1) is 16.9. The first kappa shape index (κ1) is 24.6. The van der Waals surface area contributed by atoms with Gasteiger partial charge >= 0.3 is 0 Å². The van der Waals surface area contributed by atoms with Crippen molar-refractivity contribution in [2.24, 2.45) is 5.92 Å². The van der Waals surface area contributed by atoms with E-state index in [-0.39, 0.29) is 30.7 Å². The molecule has 9 heteroatoms. The average Bonchev–Trinajstić information content (AvgIpc) is 3.25. The highest BCUT2D eigenvalue weighted by molar-refractivity contribution is 6.36. The number of hydrogen-bond donors (Lipinski definition) is 2. The van der Waals surface area contributed by atoms with Crippen molar-refractivity contribution >= 4 is 52.3 Å². The van der Waals surface area contributed by atoms with Crippen molar-refractivity contribution < 1.29 is 19.1 Å². The number of hydrogen-bond acceptors (Lipinski definition) is 4. The van der Waals surface area contributed by atoms with Crippen LogP contribution in [0.5, 0.6) is 5.75 Å². The summed E-state index contributed by atoms with van der Waals surface area (Å²) >= 11 is 11.9. The van der Waals surface area contributed by atoms with Crippen LogP contribution in [0.25, 0.3) is 0 Å². The van der Waals surface area contributed by atoms with E-state index in [0.717, 1.165) is 5.56 Å². The second kappa shape index (κ2) is 11.3. The summed E-state index contributed by atoms with van der Waals surface area (Å²) in [7, 11) is 0. The Bertz CT molecular complexity index is 1220. The molecule has 3 aromatic rings. The van der Waals surface area contributed by atoms with Crippen LogP contribution in [0.1, 0.15) is 12.0 Å². The lowest BCUT2D eigenvalue weighted by molar-refractivity contribution is -0.126. The molecular formula is C26H23Cl2N3O4. The molecule has 0 saturated carbocycles. The number of amides is 3. The maximum Gasteiger partial charge on any atom is 0.262 e. The molecular weight excluding hydrogens is 489 g/mol. The van der Waals surface area contributed by atoms with E-state index in [1.807, 2.05) is 30.3 Å². The van der Waals surface area contributed by atoms with Crippen molar-refractivity contribution in [3.63, 3.8) is 0 Å². The Hall–Kier alpha value is -3.55. The molecule has 0 bridgehead atoms. The highest BCUT2D eigenvalue weighted by Crippen LogP contribution is 2.28. The summed E-state index contributed by atoms with van der Waals surface area (Å²) < 4.78 is 5.53. The smallest absolute Gasteiger partial charge is 0.262 e. The third kappa shape index (κ3) is 6.53. The van der Waals surface area contributed by atoms with Crippen molar-refractivity contribution in [2.45, 2.75) is 13.0 Å². The van der Waals surface area contributed by atoms with Crippen molar-refractivity contribution in [3.8, 4) is 5.75 Å². The topological polar surface area (TPSA) is 87.7 Å². The number of ether oxygens (including phenoxy) is 1. The van der Waals surface area contributed by atoms with Gasteiger partial charge in [0.05, 0.1) is 16.6 Å². The van der Waals surface area contributed by atoms with Crippen LogP contribution in [0.15, 0.2) is 72.8 Å². The number of carbonyl (C=O) groups excluding carboxylic acids is 3. The van der Waals surface area contributed by atoms with E-state index >= 15 is 0 Å². The average molecular weight is 512 g/mol. The minimum absolute atomic E-state index is 0.113. The second-order valence-corrected chi connectivity index (χ2v) is 8.91. The van der Waals surface area contributed by atoms with E-state index in [1.165, 1.54) is 6.07 Å². The Morgan fingerprint density at radius 2 is 1.74 bits per heavy atom. The molecule has 3 aromatic carbocycles. The number of anilines is 2. The molecule has 1 heterocycles. The molecule has 4 rings (SSSR count). The summed E-state index contributed by atoms with van der Waals surface area (Å²) in [6, 6.07) is 21.2. The number of carbonyl (C=O) groups is 3. The van der Waals surface area contributed by atoms with Gasteiger partial charge in [-0.3, -0.25) is 14.4 Å². The molecule has 2 N–H and O–H groups in total. The van der Waals surface area contributed by atoms with E-state index < -0.39 is 5.92 Å². The van der Waals surface area contributed by atoms with Gasteiger partial charge in [0, 0.05) is 30.2 Å². The maximum absolute atomic E-state index is 12.6. The van der Waals surface area contributed by atoms with E-state index in [2.05, 4.69) is 10.6 Å². The van der Waals surface area contributed by atoms with Gasteiger partial charge < -0.3 is 20.3 Å². The fourth-order valence-corrected chi connectivity index (χ4v) is 4.17. The lowest BCUT2D eigenvalue weighted by Crippen LogP contribution is -2.32. The highest BCUT2D eigenvalue weighted by atomic mass is 35.5. The molecule has 0 spiro atoms. The standard InChI is InChI=1S/C26H23Cl2N3O4/c27-19-6-11-23(22(28)13-19)30-24(32)16-35-21-9-7-20(8-10-21)31-15-18(12-25(31)33)26(34)29-14-17-4-2-1-3-5-17/h1-11,13,18H,12,14-16H2,(H,29,34)(H,30,32)/t18-/m0/s1. The molecule has 1 saturated heterocycles. The van der Waals surface area contributed by atoms with Crippen LogP contribution in [0.2, 0.25) is 10.0 Å². The van der Waals surface area contributed by atoms with Crippen LogP contribution < -0.4 is 20.3 Å². The minimum atomic E-state index is -0.412. The number of halogens is 2. The normalized spacial score (nSPS) is 15.1. The van der Waals surface area contributed by atoms with Gasteiger partial charge in [0.1, 0.15) is 5.75 Å².